The highest BCUT2D eigenvalue weighted by Gasteiger charge is 2.03. The quantitative estimate of drug-likeness (QED) is 0.894. The molecule has 3 nitrogen and oxygen atoms in total. The second kappa shape index (κ2) is 6.29. The van der Waals surface area contributed by atoms with E-state index < -0.39 is 0 Å². The number of nitrogens with zero attached hydrogens (tertiary/aromatic N) is 1. The number of hydrogen-bond acceptors (Lipinski definition) is 3. The summed E-state index contributed by atoms with van der Waals surface area (Å²) in [6.45, 7) is 5.67. The zero-order valence-corrected chi connectivity index (χ0v) is 11.1. The highest BCUT2D eigenvalue weighted by atomic mass is 19.1. The van der Waals surface area contributed by atoms with Gasteiger partial charge in [0.1, 0.15) is 11.6 Å². The van der Waals surface area contributed by atoms with Crippen molar-refractivity contribution in [2.24, 2.45) is 0 Å². The number of rotatable bonds is 5. The minimum absolute atomic E-state index is 0.280. The van der Waals surface area contributed by atoms with E-state index in [0.717, 1.165) is 24.3 Å². The lowest BCUT2D eigenvalue weighted by molar-refractivity contribution is 0.459. The lowest BCUT2D eigenvalue weighted by Gasteiger charge is -2.08. The summed E-state index contributed by atoms with van der Waals surface area (Å²) in [4.78, 5) is 4.32. The Balaban J connectivity index is 2.15. The molecular weight excluding hydrogens is 243 g/mol. The van der Waals surface area contributed by atoms with Crippen LogP contribution in [0.25, 0.3) is 0 Å². The van der Waals surface area contributed by atoms with Crippen LogP contribution < -0.4 is 10.1 Å². The summed E-state index contributed by atoms with van der Waals surface area (Å²) in [7, 11) is 0. The minimum Gasteiger partial charge on any atom is -0.439 e. The largest absolute Gasteiger partial charge is 0.439 e. The highest BCUT2D eigenvalue weighted by Crippen LogP contribution is 2.21. The first-order valence-corrected chi connectivity index (χ1v) is 6.29. The van der Waals surface area contributed by atoms with Gasteiger partial charge in [-0.2, -0.15) is 0 Å². The van der Waals surface area contributed by atoms with Gasteiger partial charge in [0, 0.05) is 18.3 Å². The maximum atomic E-state index is 12.8. The molecule has 1 N–H and O–H groups in total. The Morgan fingerprint density at radius 2 is 1.95 bits per heavy atom. The molecule has 0 saturated carbocycles. The first-order valence-electron chi connectivity index (χ1n) is 6.29. The van der Waals surface area contributed by atoms with E-state index in [1.807, 2.05) is 19.1 Å². The van der Waals surface area contributed by atoms with Crippen molar-refractivity contribution in [1.82, 2.24) is 10.3 Å². The van der Waals surface area contributed by atoms with E-state index in [4.69, 9.17) is 4.74 Å². The van der Waals surface area contributed by atoms with Crippen molar-refractivity contribution in [1.29, 1.82) is 0 Å². The standard InChI is InChI=1S/C15H17FN2O/c1-3-17-10-12-8-11(2)18-15(9-12)19-14-6-4-13(16)5-7-14/h4-9,17H,3,10H2,1-2H3. The van der Waals surface area contributed by atoms with Gasteiger partial charge >= 0.3 is 0 Å². The molecule has 2 aromatic rings. The van der Waals surface area contributed by atoms with E-state index in [1.165, 1.54) is 12.1 Å². The molecule has 0 fully saturated rings. The Morgan fingerprint density at radius 1 is 1.21 bits per heavy atom. The predicted molar refractivity (Wildman–Crippen MR) is 72.8 cm³/mol. The first-order chi connectivity index (χ1) is 9.17. The third-order valence-corrected chi connectivity index (χ3v) is 2.60. The van der Waals surface area contributed by atoms with Crippen LogP contribution in [0.4, 0.5) is 4.39 Å². The van der Waals surface area contributed by atoms with Crippen molar-refractivity contribution in [2.75, 3.05) is 6.54 Å². The summed E-state index contributed by atoms with van der Waals surface area (Å²) in [5, 5.41) is 3.26. The summed E-state index contributed by atoms with van der Waals surface area (Å²) in [5.74, 6) is 0.825. The summed E-state index contributed by atoms with van der Waals surface area (Å²) in [6.07, 6.45) is 0. The fraction of sp³-hybridized carbons (Fsp3) is 0.267. The number of aromatic nitrogens is 1. The Labute approximate surface area is 112 Å². The van der Waals surface area contributed by atoms with Crippen molar-refractivity contribution < 1.29 is 9.13 Å². The molecule has 19 heavy (non-hydrogen) atoms. The third-order valence-electron chi connectivity index (χ3n) is 2.60. The molecule has 0 unspecified atom stereocenters. The van der Waals surface area contributed by atoms with Gasteiger partial charge in [0.2, 0.25) is 5.88 Å². The minimum atomic E-state index is -0.280. The topological polar surface area (TPSA) is 34.2 Å². The van der Waals surface area contributed by atoms with E-state index in [1.54, 1.807) is 12.1 Å². The first kappa shape index (κ1) is 13.5. The van der Waals surface area contributed by atoms with Gasteiger partial charge in [-0.15, -0.1) is 0 Å². The second-order valence-corrected chi connectivity index (χ2v) is 4.29. The lowest BCUT2D eigenvalue weighted by Crippen LogP contribution is -2.12. The van der Waals surface area contributed by atoms with Crippen LogP contribution >= 0.6 is 0 Å². The van der Waals surface area contributed by atoms with E-state index in [0.29, 0.717) is 11.6 Å². The van der Waals surface area contributed by atoms with Crippen LogP contribution in [0, 0.1) is 12.7 Å². The molecule has 1 aromatic carbocycles. The van der Waals surface area contributed by atoms with Crippen molar-refractivity contribution in [2.45, 2.75) is 20.4 Å². The van der Waals surface area contributed by atoms with E-state index in [9.17, 15) is 4.39 Å². The van der Waals surface area contributed by atoms with E-state index in [2.05, 4.69) is 17.2 Å². The number of hydrogen-bond donors (Lipinski definition) is 1. The van der Waals surface area contributed by atoms with Gasteiger partial charge in [0.15, 0.2) is 0 Å². The van der Waals surface area contributed by atoms with Crippen LogP contribution in [0.15, 0.2) is 36.4 Å². The van der Waals surface area contributed by atoms with Crippen molar-refractivity contribution >= 4 is 0 Å². The molecule has 0 aliphatic heterocycles. The molecule has 0 radical (unpaired) electrons. The number of nitrogens with one attached hydrogen (secondary N) is 1. The Kier molecular flexibility index (Phi) is 4.47. The second-order valence-electron chi connectivity index (χ2n) is 4.29. The molecule has 0 spiro atoms. The molecule has 0 saturated heterocycles. The molecule has 1 aromatic heterocycles. The maximum Gasteiger partial charge on any atom is 0.219 e. The zero-order valence-electron chi connectivity index (χ0n) is 11.1. The van der Waals surface area contributed by atoms with Crippen molar-refractivity contribution in [3.63, 3.8) is 0 Å². The smallest absolute Gasteiger partial charge is 0.219 e. The van der Waals surface area contributed by atoms with Crippen molar-refractivity contribution in [3.8, 4) is 11.6 Å². The van der Waals surface area contributed by atoms with Crippen molar-refractivity contribution in [3.05, 3.63) is 53.5 Å². The van der Waals surface area contributed by atoms with Crippen LogP contribution in [0.1, 0.15) is 18.2 Å². The molecule has 2 rings (SSSR count). The van der Waals surface area contributed by atoms with Gasteiger partial charge in [-0.05, 0) is 49.4 Å². The van der Waals surface area contributed by atoms with Crippen LogP contribution in [0.5, 0.6) is 11.6 Å². The number of benzene rings is 1. The van der Waals surface area contributed by atoms with E-state index in [-0.39, 0.29) is 5.82 Å². The van der Waals surface area contributed by atoms with Gasteiger partial charge in [-0.1, -0.05) is 6.92 Å². The van der Waals surface area contributed by atoms with Gasteiger partial charge < -0.3 is 10.1 Å². The summed E-state index contributed by atoms with van der Waals surface area (Å²) >= 11 is 0. The van der Waals surface area contributed by atoms with Crippen LogP contribution in [0.3, 0.4) is 0 Å². The van der Waals surface area contributed by atoms with E-state index >= 15 is 0 Å². The van der Waals surface area contributed by atoms with Gasteiger partial charge in [0.25, 0.3) is 0 Å². The van der Waals surface area contributed by atoms with Gasteiger partial charge in [0.05, 0.1) is 0 Å². The maximum absolute atomic E-state index is 12.8. The van der Waals surface area contributed by atoms with Gasteiger partial charge in [-0.25, -0.2) is 9.37 Å². The average Bonchev–Trinajstić information content (AvgIpc) is 2.38. The molecule has 0 aliphatic rings. The molecule has 1 heterocycles. The zero-order chi connectivity index (χ0) is 13.7. The molecule has 4 heteroatoms. The van der Waals surface area contributed by atoms with Crippen LogP contribution in [0.2, 0.25) is 0 Å². The number of aryl methyl sites for hydroxylation is 1. The lowest BCUT2D eigenvalue weighted by atomic mass is 10.2. The Morgan fingerprint density at radius 3 is 2.63 bits per heavy atom. The SMILES string of the molecule is CCNCc1cc(C)nc(Oc2ccc(F)cc2)c1. The fourth-order valence-electron chi connectivity index (χ4n) is 1.75. The monoisotopic (exact) mass is 260 g/mol. The Hall–Kier alpha value is -1.94. The fourth-order valence-corrected chi connectivity index (χ4v) is 1.75. The summed E-state index contributed by atoms with van der Waals surface area (Å²) in [5.41, 5.74) is 2.01. The average molecular weight is 260 g/mol. The Bertz CT molecular complexity index is 540. The summed E-state index contributed by atoms with van der Waals surface area (Å²) < 4.78 is 18.4. The molecule has 0 aliphatic carbocycles. The van der Waals surface area contributed by atoms with Crippen LogP contribution in [-0.4, -0.2) is 11.5 Å². The third kappa shape index (κ3) is 4.03. The molecule has 0 atom stereocenters. The van der Waals surface area contributed by atoms with Crippen LogP contribution in [-0.2, 0) is 6.54 Å². The predicted octanol–water partition coefficient (Wildman–Crippen LogP) is 3.43. The number of ether oxygens (including phenoxy) is 1. The molecule has 100 valence electrons. The normalized spacial score (nSPS) is 10.5. The number of halogens is 1. The molecular formula is C15H17FN2O. The van der Waals surface area contributed by atoms with Gasteiger partial charge in [-0.3, -0.25) is 0 Å². The highest BCUT2D eigenvalue weighted by molar-refractivity contribution is 5.30. The summed E-state index contributed by atoms with van der Waals surface area (Å²) in [6, 6.07) is 9.81. The number of pyridine rings is 1. The molecule has 0 amide bonds. The molecule has 0 bridgehead atoms.